The van der Waals surface area contributed by atoms with Crippen LogP contribution in [0, 0.1) is 0 Å². The van der Waals surface area contributed by atoms with Gasteiger partial charge in [-0.05, 0) is 54.2 Å². The smallest absolute Gasteiger partial charge is 0.264 e. The lowest BCUT2D eigenvalue weighted by Crippen LogP contribution is -2.19. The van der Waals surface area contributed by atoms with Gasteiger partial charge in [0.15, 0.2) is 5.17 Å². The third-order valence-electron chi connectivity index (χ3n) is 3.44. The molecule has 1 fully saturated rings. The van der Waals surface area contributed by atoms with Gasteiger partial charge in [-0.3, -0.25) is 4.79 Å². The van der Waals surface area contributed by atoms with Gasteiger partial charge in [0.2, 0.25) is 0 Å². The van der Waals surface area contributed by atoms with Crippen molar-refractivity contribution >= 4 is 50.5 Å². The number of rotatable bonds is 4. The highest BCUT2D eigenvalue weighted by atomic mass is 79.9. The first kappa shape index (κ1) is 17.6. The topological polar surface area (TPSA) is 59.9 Å². The van der Waals surface area contributed by atoms with E-state index in [4.69, 9.17) is 9.47 Å². The molecule has 2 aromatic rings. The average molecular weight is 419 g/mol. The molecule has 1 N–H and O–H groups in total. The zero-order valence-electron chi connectivity index (χ0n) is 13.6. The van der Waals surface area contributed by atoms with Crippen LogP contribution in [0.15, 0.2) is 56.8 Å². The highest BCUT2D eigenvalue weighted by Gasteiger charge is 2.24. The normalized spacial score (nSPS) is 17.0. The van der Waals surface area contributed by atoms with Crippen molar-refractivity contribution in [3.63, 3.8) is 0 Å². The Morgan fingerprint density at radius 3 is 2.56 bits per heavy atom. The van der Waals surface area contributed by atoms with E-state index in [1.807, 2.05) is 36.4 Å². The van der Waals surface area contributed by atoms with Crippen LogP contribution in [-0.4, -0.2) is 25.3 Å². The number of hydrogen-bond acceptors (Lipinski definition) is 5. The van der Waals surface area contributed by atoms with E-state index in [-0.39, 0.29) is 5.91 Å². The molecule has 0 saturated carbocycles. The maximum atomic E-state index is 12.2. The lowest BCUT2D eigenvalue weighted by Gasteiger charge is -2.07. The summed E-state index contributed by atoms with van der Waals surface area (Å²) >= 11 is 4.68. The minimum atomic E-state index is -0.182. The van der Waals surface area contributed by atoms with E-state index < -0.39 is 0 Å². The van der Waals surface area contributed by atoms with E-state index in [9.17, 15) is 4.79 Å². The Labute approximate surface area is 158 Å². The molecule has 1 heterocycles. The number of carbonyl (C=O) groups excluding carboxylic acids is 1. The summed E-state index contributed by atoms with van der Waals surface area (Å²) in [7, 11) is 3.18. The highest BCUT2D eigenvalue weighted by molar-refractivity contribution is 9.10. The van der Waals surface area contributed by atoms with Crippen LogP contribution in [0.2, 0.25) is 0 Å². The Balaban J connectivity index is 1.85. The Morgan fingerprint density at radius 1 is 1.12 bits per heavy atom. The quantitative estimate of drug-likeness (QED) is 0.749. The minimum Gasteiger partial charge on any atom is -0.497 e. The number of thioether (sulfide) groups is 1. The number of benzene rings is 2. The van der Waals surface area contributed by atoms with E-state index in [1.165, 1.54) is 11.8 Å². The number of amidine groups is 1. The summed E-state index contributed by atoms with van der Waals surface area (Å²) < 4.78 is 11.5. The van der Waals surface area contributed by atoms with E-state index in [0.29, 0.717) is 21.6 Å². The first-order chi connectivity index (χ1) is 12.1. The lowest BCUT2D eigenvalue weighted by atomic mass is 10.1. The molecular weight excluding hydrogens is 404 g/mol. The zero-order valence-corrected chi connectivity index (χ0v) is 16.0. The summed E-state index contributed by atoms with van der Waals surface area (Å²) in [6, 6.07) is 13.0. The molecule has 2 aromatic carbocycles. The maximum Gasteiger partial charge on any atom is 0.264 e. The average Bonchev–Trinajstić information content (AvgIpc) is 2.96. The number of nitrogens with one attached hydrogen (secondary N) is 1. The van der Waals surface area contributed by atoms with Crippen LogP contribution >= 0.6 is 27.7 Å². The summed E-state index contributed by atoms with van der Waals surface area (Å²) in [6.07, 6.45) is 1.78. The van der Waals surface area contributed by atoms with Crippen molar-refractivity contribution in [3.8, 4) is 11.5 Å². The number of halogens is 1. The molecule has 5 nitrogen and oxygen atoms in total. The van der Waals surface area contributed by atoms with Gasteiger partial charge in [-0.2, -0.15) is 0 Å². The molecule has 1 amide bonds. The zero-order chi connectivity index (χ0) is 17.8. The van der Waals surface area contributed by atoms with Crippen molar-refractivity contribution in [1.82, 2.24) is 5.32 Å². The number of ether oxygens (including phenoxy) is 2. The summed E-state index contributed by atoms with van der Waals surface area (Å²) in [5, 5.41) is 3.32. The third kappa shape index (κ3) is 4.24. The number of aliphatic imine (C=N–C) groups is 1. The molecule has 0 radical (unpaired) electrons. The van der Waals surface area contributed by atoms with Gasteiger partial charge in [0.05, 0.1) is 24.8 Å². The second kappa shape index (κ2) is 7.76. The highest BCUT2D eigenvalue weighted by Crippen LogP contribution is 2.32. The standard InChI is InChI=1S/C18H15BrN2O3S/c1-23-14-8-3-11(15(10-14)24-2)9-16-17(22)21-18(25-16)20-13-6-4-12(19)5-7-13/h3-10H,1-2H3,(H,20,21,22)/b16-9+. The molecule has 0 atom stereocenters. The first-order valence-corrected chi connectivity index (χ1v) is 8.97. The van der Waals surface area contributed by atoms with Gasteiger partial charge in [-0.25, -0.2) is 4.99 Å². The van der Waals surface area contributed by atoms with Gasteiger partial charge in [0.25, 0.3) is 5.91 Å². The number of methoxy groups -OCH3 is 2. The van der Waals surface area contributed by atoms with Crippen LogP contribution in [0.4, 0.5) is 5.69 Å². The molecule has 0 spiro atoms. The molecule has 1 saturated heterocycles. The molecule has 0 bridgehead atoms. The fourth-order valence-corrected chi connectivity index (χ4v) is 3.29. The molecule has 1 aliphatic heterocycles. The maximum absolute atomic E-state index is 12.2. The molecule has 0 aromatic heterocycles. The lowest BCUT2D eigenvalue weighted by molar-refractivity contribution is -0.115. The largest absolute Gasteiger partial charge is 0.497 e. The molecule has 3 rings (SSSR count). The van der Waals surface area contributed by atoms with Crippen molar-refractivity contribution in [1.29, 1.82) is 0 Å². The number of nitrogens with zero attached hydrogens (tertiary/aromatic N) is 1. The van der Waals surface area contributed by atoms with Crippen LogP contribution < -0.4 is 14.8 Å². The second-order valence-electron chi connectivity index (χ2n) is 5.07. The Bertz CT molecular complexity index is 863. The minimum absolute atomic E-state index is 0.182. The van der Waals surface area contributed by atoms with Gasteiger partial charge < -0.3 is 14.8 Å². The summed E-state index contributed by atoms with van der Waals surface area (Å²) in [5.41, 5.74) is 1.57. The number of carbonyl (C=O) groups is 1. The van der Waals surface area contributed by atoms with E-state index in [0.717, 1.165) is 15.7 Å². The monoisotopic (exact) mass is 418 g/mol. The van der Waals surface area contributed by atoms with Crippen molar-refractivity contribution in [2.24, 2.45) is 4.99 Å². The van der Waals surface area contributed by atoms with E-state index in [2.05, 4.69) is 26.2 Å². The van der Waals surface area contributed by atoms with Crippen molar-refractivity contribution in [3.05, 3.63) is 57.4 Å². The summed E-state index contributed by atoms with van der Waals surface area (Å²) in [4.78, 5) is 17.2. The Kier molecular flexibility index (Phi) is 5.45. The van der Waals surface area contributed by atoms with Crippen molar-refractivity contribution in [2.45, 2.75) is 0 Å². The van der Waals surface area contributed by atoms with Gasteiger partial charge in [-0.1, -0.05) is 15.9 Å². The second-order valence-corrected chi connectivity index (χ2v) is 7.01. The molecule has 7 heteroatoms. The predicted molar refractivity (Wildman–Crippen MR) is 104 cm³/mol. The fourth-order valence-electron chi connectivity index (χ4n) is 2.19. The molecule has 0 aliphatic carbocycles. The molecule has 1 aliphatic rings. The van der Waals surface area contributed by atoms with Crippen LogP contribution in [0.5, 0.6) is 11.5 Å². The van der Waals surface area contributed by atoms with Crippen molar-refractivity contribution < 1.29 is 14.3 Å². The number of amides is 1. The Morgan fingerprint density at radius 2 is 1.88 bits per heavy atom. The van der Waals surface area contributed by atoms with Gasteiger partial charge in [0, 0.05) is 16.1 Å². The number of hydrogen-bond donors (Lipinski definition) is 1. The van der Waals surface area contributed by atoms with Crippen LogP contribution in [0.3, 0.4) is 0 Å². The fraction of sp³-hybridized carbons (Fsp3) is 0.111. The summed E-state index contributed by atoms with van der Waals surface area (Å²) in [5.74, 6) is 1.15. The molecule has 0 unspecified atom stereocenters. The Hall–Kier alpha value is -2.25. The molecule has 128 valence electrons. The van der Waals surface area contributed by atoms with E-state index >= 15 is 0 Å². The van der Waals surface area contributed by atoms with Gasteiger partial charge >= 0.3 is 0 Å². The van der Waals surface area contributed by atoms with Crippen LogP contribution in [0.1, 0.15) is 5.56 Å². The van der Waals surface area contributed by atoms with Crippen LogP contribution in [0.25, 0.3) is 6.08 Å². The predicted octanol–water partition coefficient (Wildman–Crippen LogP) is 4.36. The third-order valence-corrected chi connectivity index (χ3v) is 4.87. The van der Waals surface area contributed by atoms with Crippen molar-refractivity contribution in [2.75, 3.05) is 14.2 Å². The molecule has 25 heavy (non-hydrogen) atoms. The summed E-state index contributed by atoms with van der Waals surface area (Å²) in [6.45, 7) is 0. The van der Waals surface area contributed by atoms with E-state index in [1.54, 1.807) is 26.4 Å². The molecular formula is C18H15BrN2O3S. The SMILES string of the molecule is COc1ccc(/C=C2/SC(=Nc3ccc(Br)cc3)NC2=O)c(OC)c1. The first-order valence-electron chi connectivity index (χ1n) is 7.36. The van der Waals surface area contributed by atoms with Crippen LogP contribution in [-0.2, 0) is 4.79 Å². The van der Waals surface area contributed by atoms with Gasteiger partial charge in [0.1, 0.15) is 11.5 Å². The van der Waals surface area contributed by atoms with Gasteiger partial charge in [-0.15, -0.1) is 0 Å².